The molecule has 68 heavy (non-hydrogen) atoms. The first-order valence-corrected chi connectivity index (χ1v) is 29.6. The molecule has 0 aliphatic carbocycles. The minimum absolute atomic E-state index is 0.659. The maximum Gasteiger partial charge on any atom is 0.129 e. The van der Waals surface area contributed by atoms with Crippen LogP contribution in [0, 0.1) is 22.9 Å². The molecule has 0 unspecified atom stereocenters. The summed E-state index contributed by atoms with van der Waals surface area (Å²) in [4.78, 5) is 18.7. The molecule has 4 aromatic carbocycles. The van der Waals surface area contributed by atoms with Crippen molar-refractivity contribution in [3.05, 3.63) is 143 Å². The average molecular weight is 927 g/mol. The summed E-state index contributed by atoms with van der Waals surface area (Å²) in [6, 6.07) is 37.3. The Morgan fingerprint density at radius 3 is 0.912 bits per heavy atom. The SMILES string of the molecule is COc1cc(OC)cc(-c2c3nc(c(-c4cc(OC)cc(OC)c4)c4ccc([nH]4)c(-c4ccc(C#C[Si](C)(C)C)cc4)c4nc(c(-c5ccc(C#C[Si](C)(C)C)cc5)c5ccc2[nH]5)C=C4)C=C3)c1. The monoisotopic (exact) mass is 926 g/mol. The van der Waals surface area contributed by atoms with Crippen LogP contribution in [0.3, 0.4) is 0 Å². The van der Waals surface area contributed by atoms with Gasteiger partial charge in [-0.3, -0.25) is 0 Å². The van der Waals surface area contributed by atoms with Gasteiger partial charge in [-0.05, 0) is 119 Å². The van der Waals surface area contributed by atoms with Crippen LogP contribution in [-0.4, -0.2) is 64.5 Å². The number of ether oxygens (including phenoxy) is 4. The lowest BCUT2D eigenvalue weighted by Gasteiger charge is -2.11. The van der Waals surface area contributed by atoms with Crippen molar-refractivity contribution in [3.8, 4) is 90.4 Å². The van der Waals surface area contributed by atoms with E-state index >= 15 is 0 Å². The predicted molar refractivity (Wildman–Crippen MR) is 287 cm³/mol. The number of fused-ring (bicyclic) bond motifs is 8. The van der Waals surface area contributed by atoms with Crippen LogP contribution in [0.2, 0.25) is 39.3 Å². The Kier molecular flexibility index (Phi) is 12.3. The zero-order chi connectivity index (χ0) is 47.7. The molecular formula is C58H54N4O4Si2. The molecule has 10 heteroatoms. The summed E-state index contributed by atoms with van der Waals surface area (Å²) in [6.45, 7) is 13.6. The van der Waals surface area contributed by atoms with Gasteiger partial charge in [-0.1, -0.05) is 75.4 Å². The van der Waals surface area contributed by atoms with E-state index in [9.17, 15) is 0 Å². The molecule has 2 N–H and O–H groups in total. The molecule has 0 atom stereocenters. The summed E-state index contributed by atoms with van der Waals surface area (Å²) in [5.41, 5.74) is 23.0. The minimum Gasteiger partial charge on any atom is -0.497 e. The molecule has 0 spiro atoms. The van der Waals surface area contributed by atoms with Crippen LogP contribution < -0.4 is 18.9 Å². The van der Waals surface area contributed by atoms with Gasteiger partial charge in [-0.25, -0.2) is 9.97 Å². The number of nitrogens with zero attached hydrogens (tertiary/aromatic N) is 2. The van der Waals surface area contributed by atoms with Crippen molar-refractivity contribution in [1.82, 2.24) is 19.9 Å². The molecule has 5 heterocycles. The van der Waals surface area contributed by atoms with Gasteiger partial charge in [-0.15, -0.1) is 11.1 Å². The fourth-order valence-corrected chi connectivity index (χ4v) is 9.32. The highest BCUT2D eigenvalue weighted by atomic mass is 28.3. The van der Waals surface area contributed by atoms with Gasteiger partial charge in [0, 0.05) is 67.6 Å². The van der Waals surface area contributed by atoms with Crippen LogP contribution in [0.1, 0.15) is 33.9 Å². The Balaban J connectivity index is 1.42. The van der Waals surface area contributed by atoms with E-state index in [0.29, 0.717) is 23.0 Å². The van der Waals surface area contributed by atoms with Crippen molar-refractivity contribution >= 4 is 62.5 Å². The molecular weight excluding hydrogens is 873 g/mol. The van der Waals surface area contributed by atoms with Crippen LogP contribution in [0.15, 0.2) is 109 Å². The van der Waals surface area contributed by atoms with E-state index in [2.05, 4.69) is 169 Å². The average Bonchev–Trinajstić information content (AvgIpc) is 4.19. The van der Waals surface area contributed by atoms with Crippen molar-refractivity contribution in [2.75, 3.05) is 28.4 Å². The predicted octanol–water partition coefficient (Wildman–Crippen LogP) is 13.8. The number of rotatable bonds is 8. The van der Waals surface area contributed by atoms with Gasteiger partial charge < -0.3 is 28.9 Å². The molecule has 2 aliphatic heterocycles. The number of hydrogen-bond acceptors (Lipinski definition) is 6. The number of H-pyrrole nitrogens is 2. The number of aromatic amines is 2. The molecule has 0 saturated heterocycles. The van der Waals surface area contributed by atoms with Gasteiger partial charge in [-0.2, -0.15) is 0 Å². The highest BCUT2D eigenvalue weighted by Gasteiger charge is 2.21. The van der Waals surface area contributed by atoms with E-state index in [4.69, 9.17) is 28.9 Å². The van der Waals surface area contributed by atoms with E-state index in [1.165, 1.54) is 0 Å². The van der Waals surface area contributed by atoms with Crippen molar-refractivity contribution in [2.24, 2.45) is 0 Å². The highest BCUT2D eigenvalue weighted by molar-refractivity contribution is 6.84. The first-order chi connectivity index (χ1) is 32.7. The summed E-state index contributed by atoms with van der Waals surface area (Å²) >= 11 is 0. The van der Waals surface area contributed by atoms with Crippen LogP contribution in [0.5, 0.6) is 23.0 Å². The first-order valence-electron chi connectivity index (χ1n) is 22.6. The molecule has 8 nitrogen and oxygen atoms in total. The van der Waals surface area contributed by atoms with Crippen LogP contribution in [0.4, 0.5) is 0 Å². The molecule has 0 amide bonds. The summed E-state index contributed by atoms with van der Waals surface area (Å²) in [7, 11) is 3.48. The lowest BCUT2D eigenvalue weighted by atomic mass is 10.0. The summed E-state index contributed by atoms with van der Waals surface area (Å²) in [6.07, 6.45) is 8.36. The molecule has 9 rings (SSSR count). The zero-order valence-electron chi connectivity index (χ0n) is 40.2. The maximum atomic E-state index is 5.81. The Labute approximate surface area is 400 Å². The van der Waals surface area contributed by atoms with Gasteiger partial charge in [0.15, 0.2) is 0 Å². The van der Waals surface area contributed by atoms with Gasteiger partial charge in [0.2, 0.25) is 0 Å². The van der Waals surface area contributed by atoms with E-state index in [-0.39, 0.29) is 0 Å². The summed E-state index contributed by atoms with van der Waals surface area (Å²) in [5, 5.41) is 0. The lowest BCUT2D eigenvalue weighted by molar-refractivity contribution is 0.394. The van der Waals surface area contributed by atoms with Crippen LogP contribution >= 0.6 is 0 Å². The number of methoxy groups -OCH3 is 4. The topological polar surface area (TPSA) is 94.3 Å². The van der Waals surface area contributed by atoms with E-state index in [1.54, 1.807) is 28.4 Å². The quantitative estimate of drug-likeness (QED) is 0.116. The number of benzene rings is 4. The molecule has 0 radical (unpaired) electrons. The smallest absolute Gasteiger partial charge is 0.129 e. The summed E-state index contributed by atoms with van der Waals surface area (Å²) in [5.74, 6) is 9.49. The zero-order valence-corrected chi connectivity index (χ0v) is 42.2. The van der Waals surface area contributed by atoms with Gasteiger partial charge in [0.05, 0.1) is 51.2 Å². The lowest BCUT2D eigenvalue weighted by Crippen LogP contribution is -2.16. The largest absolute Gasteiger partial charge is 0.497 e. The highest BCUT2D eigenvalue weighted by Crippen LogP contribution is 2.41. The Hall–Kier alpha value is -7.77. The molecule has 2 aliphatic rings. The van der Waals surface area contributed by atoms with Gasteiger partial charge in [0.1, 0.15) is 39.1 Å². The van der Waals surface area contributed by atoms with Gasteiger partial charge >= 0.3 is 0 Å². The third-order valence-corrected chi connectivity index (χ3v) is 13.3. The fourth-order valence-electron chi connectivity index (χ4n) is 8.28. The molecule has 3 aromatic heterocycles. The first kappa shape index (κ1) is 45.4. The molecule has 7 aromatic rings. The third kappa shape index (κ3) is 9.70. The van der Waals surface area contributed by atoms with E-state index < -0.39 is 16.1 Å². The molecule has 0 saturated carbocycles. The number of nitrogens with one attached hydrogen (secondary N) is 2. The second kappa shape index (κ2) is 18.5. The van der Waals surface area contributed by atoms with E-state index in [0.717, 1.165) is 100 Å². The standard InChI is InChI=1S/C58H54N4O4Si2/c1-63-43-31-41(32-44(35-43)64-2)57-51-23-21-49(60-51)55(39-15-11-37(12-16-39)27-29-67(5,6)7)47-19-20-48(59-47)56(40-17-13-38(14-18-40)28-30-68(8,9)10)50-22-24-52(61-50)58(54-26-25-53(57)62-54)42-33-45(65-3)36-46(34-42)66-4/h11-26,31-36,60-61H,1-10H3. The third-order valence-electron chi connectivity index (χ3n) is 11.5. The molecule has 8 bridgehead atoms. The fraction of sp³-hybridized carbons (Fsp3) is 0.172. The van der Waals surface area contributed by atoms with Gasteiger partial charge in [0.25, 0.3) is 0 Å². The second-order valence-corrected chi connectivity index (χ2v) is 28.4. The van der Waals surface area contributed by atoms with Crippen molar-refractivity contribution in [3.63, 3.8) is 0 Å². The minimum atomic E-state index is -1.58. The molecule has 0 fully saturated rings. The number of aromatic nitrogens is 4. The normalized spacial score (nSPS) is 11.9. The Bertz CT molecular complexity index is 3200. The van der Waals surface area contributed by atoms with Crippen molar-refractivity contribution in [1.29, 1.82) is 0 Å². The maximum absolute atomic E-state index is 5.81. The van der Waals surface area contributed by atoms with Crippen molar-refractivity contribution < 1.29 is 18.9 Å². The Morgan fingerprint density at radius 1 is 0.368 bits per heavy atom. The van der Waals surface area contributed by atoms with Crippen LogP contribution in [0.25, 0.3) is 90.9 Å². The second-order valence-electron chi connectivity index (χ2n) is 18.9. The molecule has 338 valence electrons. The number of hydrogen-bond donors (Lipinski definition) is 2. The summed E-state index contributed by atoms with van der Waals surface area (Å²) < 4.78 is 23.2. The Morgan fingerprint density at radius 2 is 0.647 bits per heavy atom. The van der Waals surface area contributed by atoms with Crippen LogP contribution in [-0.2, 0) is 0 Å². The van der Waals surface area contributed by atoms with Crippen molar-refractivity contribution in [2.45, 2.75) is 39.3 Å². The van der Waals surface area contributed by atoms with E-state index in [1.807, 2.05) is 36.4 Å².